The molecule has 0 fully saturated rings. The molecular weight excluding hydrogens is 432 g/mol. The molecule has 0 amide bonds. The summed E-state index contributed by atoms with van der Waals surface area (Å²) < 4.78 is 5.86. The first-order chi connectivity index (χ1) is 14.8. The molecule has 0 atom stereocenters. The van der Waals surface area contributed by atoms with Gasteiger partial charge < -0.3 is 14.9 Å². The van der Waals surface area contributed by atoms with E-state index in [1.165, 1.54) is 17.0 Å². The lowest BCUT2D eigenvalue weighted by atomic mass is 9.77. The zero-order valence-electron chi connectivity index (χ0n) is 17.5. The van der Waals surface area contributed by atoms with Crippen molar-refractivity contribution >= 4 is 29.3 Å². The van der Waals surface area contributed by atoms with Crippen LogP contribution >= 0.6 is 23.4 Å². The lowest BCUT2D eigenvalue weighted by Gasteiger charge is -2.27. The van der Waals surface area contributed by atoms with Crippen LogP contribution < -0.4 is 4.74 Å². The second kappa shape index (κ2) is 10.1. The van der Waals surface area contributed by atoms with Gasteiger partial charge in [-0.25, -0.2) is 4.79 Å². The molecule has 31 heavy (non-hydrogen) atoms. The van der Waals surface area contributed by atoms with Crippen LogP contribution in [0.4, 0.5) is 0 Å². The van der Waals surface area contributed by atoms with Crippen LogP contribution in [0.3, 0.4) is 0 Å². The van der Waals surface area contributed by atoms with Crippen molar-refractivity contribution in [2.24, 2.45) is 0 Å². The van der Waals surface area contributed by atoms with Crippen molar-refractivity contribution in [3.05, 3.63) is 88.4 Å². The van der Waals surface area contributed by atoms with Crippen molar-refractivity contribution in [3.63, 3.8) is 0 Å². The molecule has 0 bridgehead atoms. The average molecular weight is 457 g/mol. The fourth-order valence-corrected chi connectivity index (χ4v) is 4.15. The predicted molar refractivity (Wildman–Crippen MR) is 126 cm³/mol. The van der Waals surface area contributed by atoms with Gasteiger partial charge in [0.05, 0.1) is 6.61 Å². The monoisotopic (exact) mass is 456 g/mol. The van der Waals surface area contributed by atoms with Crippen LogP contribution in [-0.4, -0.2) is 28.5 Å². The minimum absolute atomic E-state index is 0.0954. The van der Waals surface area contributed by atoms with Gasteiger partial charge in [-0.3, -0.25) is 0 Å². The highest BCUT2D eigenvalue weighted by Gasteiger charge is 2.25. The van der Waals surface area contributed by atoms with Gasteiger partial charge in [-0.05, 0) is 66.1 Å². The van der Waals surface area contributed by atoms with Crippen molar-refractivity contribution in [1.82, 2.24) is 0 Å². The van der Waals surface area contributed by atoms with Gasteiger partial charge in [-0.1, -0.05) is 43.6 Å². The SMILES string of the molecule is CC(C)(c1ccc(OCCCSc2ccc(Cl)cc2)cc1)c1ccc(O)c(C(=O)O)c1. The molecule has 0 heterocycles. The van der Waals surface area contributed by atoms with Crippen LogP contribution in [-0.2, 0) is 5.41 Å². The third kappa shape index (κ3) is 5.96. The van der Waals surface area contributed by atoms with Gasteiger partial charge in [0.25, 0.3) is 0 Å². The number of aromatic carboxylic acids is 1. The molecule has 0 saturated carbocycles. The topological polar surface area (TPSA) is 66.8 Å². The maximum absolute atomic E-state index is 11.3. The van der Waals surface area contributed by atoms with Gasteiger partial charge in [0.2, 0.25) is 0 Å². The standard InChI is InChI=1S/C25H25ClO4S/c1-25(2,18-6-13-23(27)22(16-18)24(28)29)17-4-9-20(10-5-17)30-14-3-15-31-21-11-7-19(26)8-12-21/h4-13,16,27H,3,14-15H2,1-2H3,(H,28,29). The Kier molecular flexibility index (Phi) is 7.52. The Bertz CT molecular complexity index is 1030. The summed E-state index contributed by atoms with van der Waals surface area (Å²) >= 11 is 7.67. The Balaban J connectivity index is 1.56. The summed E-state index contributed by atoms with van der Waals surface area (Å²) in [6, 6.07) is 20.4. The first kappa shape index (κ1) is 23.0. The fraction of sp³-hybridized carbons (Fsp3) is 0.240. The second-order valence-corrected chi connectivity index (χ2v) is 9.30. The zero-order chi connectivity index (χ0) is 22.4. The van der Waals surface area contributed by atoms with Crippen molar-refractivity contribution in [3.8, 4) is 11.5 Å². The highest BCUT2D eigenvalue weighted by atomic mass is 35.5. The van der Waals surface area contributed by atoms with Gasteiger partial charge >= 0.3 is 5.97 Å². The van der Waals surface area contributed by atoms with E-state index in [0.29, 0.717) is 6.61 Å². The lowest BCUT2D eigenvalue weighted by Crippen LogP contribution is -2.19. The highest BCUT2D eigenvalue weighted by Crippen LogP contribution is 2.34. The molecule has 2 N–H and O–H groups in total. The largest absolute Gasteiger partial charge is 0.507 e. The van der Waals surface area contributed by atoms with Crippen LogP contribution in [0.25, 0.3) is 0 Å². The van der Waals surface area contributed by atoms with Gasteiger partial charge in [-0.2, -0.15) is 0 Å². The van der Waals surface area contributed by atoms with Crippen LogP contribution in [0, 0.1) is 0 Å². The van der Waals surface area contributed by atoms with Crippen molar-refractivity contribution < 1.29 is 19.7 Å². The number of hydrogen-bond donors (Lipinski definition) is 2. The van der Waals surface area contributed by atoms with Crippen LogP contribution in [0.5, 0.6) is 11.5 Å². The van der Waals surface area contributed by atoms with Gasteiger partial charge in [-0.15, -0.1) is 11.8 Å². The number of ether oxygens (including phenoxy) is 1. The molecule has 0 saturated heterocycles. The molecule has 6 heteroatoms. The maximum Gasteiger partial charge on any atom is 0.339 e. The Morgan fingerprint density at radius 1 is 1.00 bits per heavy atom. The fourth-order valence-electron chi connectivity index (χ4n) is 3.20. The summed E-state index contributed by atoms with van der Waals surface area (Å²) in [6.45, 7) is 4.67. The number of hydrogen-bond acceptors (Lipinski definition) is 4. The van der Waals surface area contributed by atoms with E-state index in [1.54, 1.807) is 17.8 Å². The summed E-state index contributed by atoms with van der Waals surface area (Å²) in [5, 5.41) is 19.8. The average Bonchev–Trinajstić information content (AvgIpc) is 2.75. The zero-order valence-corrected chi connectivity index (χ0v) is 19.0. The smallest absolute Gasteiger partial charge is 0.339 e. The molecule has 3 rings (SSSR count). The Morgan fingerprint density at radius 3 is 2.29 bits per heavy atom. The molecule has 0 aliphatic rings. The number of phenols is 1. The van der Waals surface area contributed by atoms with E-state index < -0.39 is 11.4 Å². The van der Waals surface area contributed by atoms with E-state index in [-0.39, 0.29) is 11.3 Å². The Labute approximate surface area is 191 Å². The molecule has 0 aromatic heterocycles. The number of carbonyl (C=O) groups is 1. The minimum atomic E-state index is -1.15. The van der Waals surface area contributed by atoms with E-state index in [1.807, 2.05) is 62.4 Å². The maximum atomic E-state index is 11.3. The molecule has 162 valence electrons. The third-order valence-corrected chi connectivity index (χ3v) is 6.51. The van der Waals surface area contributed by atoms with Crippen molar-refractivity contribution in [2.45, 2.75) is 30.6 Å². The molecule has 0 unspecified atom stereocenters. The molecule has 3 aromatic rings. The van der Waals surface area contributed by atoms with Gasteiger partial charge in [0, 0.05) is 21.1 Å². The first-order valence-corrected chi connectivity index (χ1v) is 11.3. The number of aromatic hydroxyl groups is 1. The van der Waals surface area contributed by atoms with Crippen LogP contribution in [0.15, 0.2) is 71.6 Å². The lowest BCUT2D eigenvalue weighted by molar-refractivity contribution is 0.0693. The van der Waals surface area contributed by atoms with Crippen molar-refractivity contribution in [1.29, 1.82) is 0 Å². The molecule has 0 radical (unpaired) electrons. The minimum Gasteiger partial charge on any atom is -0.507 e. The summed E-state index contributed by atoms with van der Waals surface area (Å²) in [5.41, 5.74) is 1.32. The summed E-state index contributed by atoms with van der Waals surface area (Å²) in [5.74, 6) is 0.380. The molecule has 0 spiro atoms. The summed E-state index contributed by atoms with van der Waals surface area (Å²) in [7, 11) is 0. The predicted octanol–water partition coefficient (Wildman–Crippen LogP) is 6.63. The molecule has 0 aliphatic heterocycles. The number of benzene rings is 3. The van der Waals surface area contributed by atoms with Gasteiger partial charge in [0.15, 0.2) is 0 Å². The third-order valence-electron chi connectivity index (χ3n) is 5.16. The number of carboxylic acids is 1. The van der Waals surface area contributed by atoms with Crippen molar-refractivity contribution in [2.75, 3.05) is 12.4 Å². The number of thioether (sulfide) groups is 1. The van der Waals surface area contributed by atoms with E-state index in [4.69, 9.17) is 16.3 Å². The second-order valence-electron chi connectivity index (χ2n) is 7.69. The van der Waals surface area contributed by atoms with E-state index >= 15 is 0 Å². The molecule has 4 nitrogen and oxygen atoms in total. The first-order valence-electron chi connectivity index (χ1n) is 9.96. The van der Waals surface area contributed by atoms with E-state index in [2.05, 4.69) is 0 Å². The number of halogens is 1. The van der Waals surface area contributed by atoms with E-state index in [0.717, 1.165) is 34.1 Å². The summed E-state index contributed by atoms with van der Waals surface area (Å²) in [4.78, 5) is 12.5. The van der Waals surface area contributed by atoms with Crippen LogP contribution in [0.2, 0.25) is 5.02 Å². The molecular formula is C25H25ClO4S. The normalized spacial score (nSPS) is 11.3. The van der Waals surface area contributed by atoms with Crippen LogP contribution in [0.1, 0.15) is 41.8 Å². The highest BCUT2D eigenvalue weighted by molar-refractivity contribution is 7.99. The van der Waals surface area contributed by atoms with E-state index in [9.17, 15) is 15.0 Å². The quantitative estimate of drug-likeness (QED) is 0.279. The molecule has 0 aliphatic carbocycles. The van der Waals surface area contributed by atoms with Gasteiger partial charge in [0.1, 0.15) is 17.1 Å². The number of rotatable bonds is 9. The molecule has 3 aromatic carbocycles. The summed E-state index contributed by atoms with van der Waals surface area (Å²) in [6.07, 6.45) is 0.923. The number of carboxylic acid groups (broad SMARTS) is 1. The Morgan fingerprint density at radius 2 is 1.65 bits per heavy atom. The Hall–Kier alpha value is -2.63.